The van der Waals surface area contributed by atoms with Gasteiger partial charge in [-0.25, -0.2) is 0 Å². The molecule has 1 aliphatic carbocycles. The van der Waals surface area contributed by atoms with Gasteiger partial charge in [-0.2, -0.15) is 0 Å². The Bertz CT molecular complexity index is 452. The smallest absolute Gasteiger partial charge is 0.237 e. The zero-order valence-corrected chi connectivity index (χ0v) is 12.0. The van der Waals surface area contributed by atoms with Crippen LogP contribution in [0.5, 0.6) is 5.75 Å². The van der Waals surface area contributed by atoms with Crippen LogP contribution in [-0.2, 0) is 11.3 Å². The van der Waals surface area contributed by atoms with Crippen LogP contribution in [0.25, 0.3) is 0 Å². The Labute approximate surface area is 120 Å². The molecule has 1 N–H and O–H groups in total. The minimum atomic E-state index is 0.158. The Kier molecular flexibility index (Phi) is 5.18. The second kappa shape index (κ2) is 7.10. The molecule has 0 heterocycles. The van der Waals surface area contributed by atoms with Gasteiger partial charge in [0, 0.05) is 19.1 Å². The van der Waals surface area contributed by atoms with Gasteiger partial charge in [-0.3, -0.25) is 4.79 Å². The molecule has 1 aromatic rings. The maximum Gasteiger partial charge on any atom is 0.237 e. The monoisotopic (exact) mass is 274 g/mol. The fourth-order valence-corrected chi connectivity index (χ4v) is 2.12. The van der Waals surface area contributed by atoms with Crippen molar-refractivity contribution in [3.05, 3.63) is 42.5 Å². The largest absolute Gasteiger partial charge is 0.497 e. The second-order valence-electron chi connectivity index (χ2n) is 5.02. The predicted molar refractivity (Wildman–Crippen MR) is 79.6 cm³/mol. The van der Waals surface area contributed by atoms with Crippen molar-refractivity contribution in [1.29, 1.82) is 0 Å². The summed E-state index contributed by atoms with van der Waals surface area (Å²) in [5.74, 6) is 0.996. The number of carbonyl (C=O) groups is 1. The second-order valence-corrected chi connectivity index (χ2v) is 5.02. The molecule has 0 spiro atoms. The molecule has 0 atom stereocenters. The van der Waals surface area contributed by atoms with E-state index in [1.807, 2.05) is 29.2 Å². The molecule has 0 aliphatic heterocycles. The van der Waals surface area contributed by atoms with Crippen molar-refractivity contribution in [2.45, 2.75) is 25.4 Å². The summed E-state index contributed by atoms with van der Waals surface area (Å²) >= 11 is 0. The molecule has 4 heteroatoms. The topological polar surface area (TPSA) is 41.6 Å². The molecule has 0 saturated heterocycles. The number of hydrogen-bond acceptors (Lipinski definition) is 3. The van der Waals surface area contributed by atoms with Crippen LogP contribution in [0.15, 0.2) is 36.9 Å². The van der Waals surface area contributed by atoms with E-state index in [1.165, 1.54) is 0 Å². The van der Waals surface area contributed by atoms with Crippen LogP contribution in [0.3, 0.4) is 0 Å². The van der Waals surface area contributed by atoms with Gasteiger partial charge in [0.05, 0.1) is 13.7 Å². The van der Waals surface area contributed by atoms with Crippen LogP contribution in [0, 0.1) is 0 Å². The molecule has 108 valence electrons. The van der Waals surface area contributed by atoms with E-state index in [4.69, 9.17) is 4.74 Å². The first-order chi connectivity index (χ1) is 9.74. The van der Waals surface area contributed by atoms with Crippen LogP contribution >= 0.6 is 0 Å². The minimum absolute atomic E-state index is 0.158. The number of nitrogens with zero attached hydrogens (tertiary/aromatic N) is 1. The van der Waals surface area contributed by atoms with E-state index in [-0.39, 0.29) is 5.91 Å². The number of rotatable bonds is 8. The van der Waals surface area contributed by atoms with Gasteiger partial charge in [0.15, 0.2) is 0 Å². The molecule has 0 radical (unpaired) electrons. The fraction of sp³-hybridized carbons (Fsp3) is 0.438. The van der Waals surface area contributed by atoms with E-state index in [0.29, 0.717) is 25.7 Å². The van der Waals surface area contributed by atoms with E-state index in [9.17, 15) is 4.79 Å². The SMILES string of the molecule is C=CCNCC(=O)N(Cc1ccc(OC)cc1)C1CC1. The zero-order valence-electron chi connectivity index (χ0n) is 12.0. The first kappa shape index (κ1) is 14.6. The van der Waals surface area contributed by atoms with Crippen molar-refractivity contribution >= 4 is 5.91 Å². The van der Waals surface area contributed by atoms with E-state index in [2.05, 4.69) is 11.9 Å². The molecule has 1 amide bonds. The number of carbonyl (C=O) groups excluding carboxylic acids is 1. The van der Waals surface area contributed by atoms with Crippen molar-refractivity contribution < 1.29 is 9.53 Å². The maximum atomic E-state index is 12.2. The highest BCUT2D eigenvalue weighted by Crippen LogP contribution is 2.28. The average Bonchev–Trinajstić information content (AvgIpc) is 3.30. The number of ether oxygens (including phenoxy) is 1. The highest BCUT2D eigenvalue weighted by Gasteiger charge is 2.32. The molecule has 1 aromatic carbocycles. The Balaban J connectivity index is 1.94. The van der Waals surface area contributed by atoms with Gasteiger partial charge in [0.1, 0.15) is 5.75 Å². The van der Waals surface area contributed by atoms with Crippen LogP contribution < -0.4 is 10.1 Å². The first-order valence-electron chi connectivity index (χ1n) is 6.98. The molecular formula is C16H22N2O2. The summed E-state index contributed by atoms with van der Waals surface area (Å²) in [5.41, 5.74) is 1.13. The molecule has 2 rings (SSSR count). The van der Waals surface area contributed by atoms with Crippen LogP contribution in [0.2, 0.25) is 0 Å². The van der Waals surface area contributed by atoms with E-state index >= 15 is 0 Å². The predicted octanol–water partition coefficient (Wildman–Crippen LogP) is 1.96. The number of benzene rings is 1. The lowest BCUT2D eigenvalue weighted by molar-refractivity contribution is -0.131. The summed E-state index contributed by atoms with van der Waals surface area (Å²) in [5, 5.41) is 3.07. The van der Waals surface area contributed by atoms with Gasteiger partial charge < -0.3 is 15.0 Å². The van der Waals surface area contributed by atoms with E-state index in [1.54, 1.807) is 13.2 Å². The summed E-state index contributed by atoms with van der Waals surface area (Å²) in [6.45, 7) is 5.34. The van der Waals surface area contributed by atoms with Crippen molar-refractivity contribution in [3.8, 4) is 5.75 Å². The molecule has 4 nitrogen and oxygen atoms in total. The Morgan fingerprint density at radius 1 is 1.45 bits per heavy atom. The van der Waals surface area contributed by atoms with Gasteiger partial charge >= 0.3 is 0 Å². The van der Waals surface area contributed by atoms with Gasteiger partial charge in [-0.15, -0.1) is 6.58 Å². The Morgan fingerprint density at radius 2 is 2.15 bits per heavy atom. The summed E-state index contributed by atoms with van der Waals surface area (Å²) in [4.78, 5) is 14.2. The van der Waals surface area contributed by atoms with E-state index in [0.717, 1.165) is 24.2 Å². The first-order valence-corrected chi connectivity index (χ1v) is 6.98. The molecule has 20 heavy (non-hydrogen) atoms. The summed E-state index contributed by atoms with van der Waals surface area (Å²) in [6, 6.07) is 8.30. The van der Waals surface area contributed by atoms with Crippen molar-refractivity contribution in [2.75, 3.05) is 20.2 Å². The Morgan fingerprint density at radius 3 is 2.70 bits per heavy atom. The molecule has 1 fully saturated rings. The highest BCUT2D eigenvalue weighted by atomic mass is 16.5. The lowest BCUT2D eigenvalue weighted by atomic mass is 10.2. The third kappa shape index (κ3) is 4.10. The van der Waals surface area contributed by atoms with Crippen LogP contribution in [-0.4, -0.2) is 37.0 Å². The lowest BCUT2D eigenvalue weighted by Crippen LogP contribution is -2.39. The zero-order chi connectivity index (χ0) is 14.4. The third-order valence-electron chi connectivity index (χ3n) is 3.38. The fourth-order valence-electron chi connectivity index (χ4n) is 2.12. The number of hydrogen-bond donors (Lipinski definition) is 1. The average molecular weight is 274 g/mol. The van der Waals surface area contributed by atoms with Crippen LogP contribution in [0.1, 0.15) is 18.4 Å². The minimum Gasteiger partial charge on any atom is -0.497 e. The van der Waals surface area contributed by atoms with Gasteiger partial charge in [0.2, 0.25) is 5.91 Å². The molecule has 1 saturated carbocycles. The third-order valence-corrected chi connectivity index (χ3v) is 3.38. The van der Waals surface area contributed by atoms with Crippen LogP contribution in [0.4, 0.5) is 0 Å². The Hall–Kier alpha value is -1.81. The van der Waals surface area contributed by atoms with Gasteiger partial charge in [0.25, 0.3) is 0 Å². The summed E-state index contributed by atoms with van der Waals surface area (Å²) in [6.07, 6.45) is 3.99. The summed E-state index contributed by atoms with van der Waals surface area (Å²) < 4.78 is 5.15. The number of nitrogens with one attached hydrogen (secondary N) is 1. The lowest BCUT2D eigenvalue weighted by Gasteiger charge is -2.23. The molecular weight excluding hydrogens is 252 g/mol. The van der Waals surface area contributed by atoms with Crippen molar-refractivity contribution in [2.24, 2.45) is 0 Å². The molecule has 0 unspecified atom stereocenters. The van der Waals surface area contributed by atoms with Gasteiger partial charge in [-0.1, -0.05) is 18.2 Å². The van der Waals surface area contributed by atoms with Gasteiger partial charge in [-0.05, 0) is 30.5 Å². The summed E-state index contributed by atoms with van der Waals surface area (Å²) in [7, 11) is 1.65. The highest BCUT2D eigenvalue weighted by molar-refractivity contribution is 5.79. The molecule has 1 aliphatic rings. The standard InChI is InChI=1S/C16H22N2O2/c1-3-10-17-11-16(19)18(14-6-7-14)12-13-4-8-15(20-2)9-5-13/h3-5,8-9,14,17H,1,6-7,10-12H2,2H3. The maximum absolute atomic E-state index is 12.2. The normalized spacial score (nSPS) is 13.8. The number of methoxy groups -OCH3 is 1. The molecule has 0 bridgehead atoms. The number of amides is 1. The van der Waals surface area contributed by atoms with Crippen molar-refractivity contribution in [1.82, 2.24) is 10.2 Å². The molecule has 0 aromatic heterocycles. The van der Waals surface area contributed by atoms with Crippen molar-refractivity contribution in [3.63, 3.8) is 0 Å². The quantitative estimate of drug-likeness (QED) is 0.582. The van der Waals surface area contributed by atoms with E-state index < -0.39 is 0 Å².